The van der Waals surface area contributed by atoms with Crippen molar-refractivity contribution in [2.45, 2.75) is 31.8 Å². The average molecular weight is 279 g/mol. The van der Waals surface area contributed by atoms with Crippen molar-refractivity contribution in [1.82, 2.24) is 4.90 Å². The molecule has 0 saturated heterocycles. The zero-order valence-electron chi connectivity index (χ0n) is 12.1. The third kappa shape index (κ3) is 4.88. The van der Waals surface area contributed by atoms with Crippen LogP contribution in [0.4, 0.5) is 0 Å². The fourth-order valence-corrected chi connectivity index (χ4v) is 3.21. The largest absolute Gasteiger partial charge is 0.388 e. The Morgan fingerprint density at radius 1 is 1.37 bits per heavy atom. The molecule has 0 bridgehead atoms. The van der Waals surface area contributed by atoms with Crippen LogP contribution in [0.15, 0.2) is 30.3 Å². The van der Waals surface area contributed by atoms with Gasteiger partial charge in [0.05, 0.1) is 5.84 Å². The molecule has 1 aromatic carbocycles. The van der Waals surface area contributed by atoms with Gasteiger partial charge in [-0.05, 0) is 25.3 Å². The van der Waals surface area contributed by atoms with Crippen molar-refractivity contribution in [1.29, 1.82) is 5.41 Å². The molecule has 0 spiro atoms. The Bertz CT molecular complexity index is 380. The third-order valence-corrected chi connectivity index (χ3v) is 4.21. The minimum absolute atomic E-state index is 0.191. The SMILES string of the molecule is CCC(CSC)N(C)C(CC(=N)N)c1ccccc1. The fraction of sp³-hybridized carbons (Fsp3) is 0.533. The molecule has 0 amide bonds. The van der Waals surface area contributed by atoms with Gasteiger partial charge >= 0.3 is 0 Å². The van der Waals surface area contributed by atoms with Crippen LogP contribution in [-0.2, 0) is 0 Å². The quantitative estimate of drug-likeness (QED) is 0.568. The summed E-state index contributed by atoms with van der Waals surface area (Å²) in [5.74, 6) is 1.36. The van der Waals surface area contributed by atoms with E-state index in [0.29, 0.717) is 12.5 Å². The van der Waals surface area contributed by atoms with Gasteiger partial charge < -0.3 is 5.73 Å². The Labute approximate surface area is 121 Å². The van der Waals surface area contributed by atoms with Gasteiger partial charge in [-0.25, -0.2) is 0 Å². The van der Waals surface area contributed by atoms with Crippen molar-refractivity contribution in [3.8, 4) is 0 Å². The summed E-state index contributed by atoms with van der Waals surface area (Å²) >= 11 is 1.87. The molecule has 0 fully saturated rings. The second-order valence-electron chi connectivity index (χ2n) is 4.84. The Morgan fingerprint density at radius 3 is 2.47 bits per heavy atom. The molecule has 0 radical (unpaired) electrons. The van der Waals surface area contributed by atoms with Crippen molar-refractivity contribution < 1.29 is 0 Å². The monoisotopic (exact) mass is 279 g/mol. The fourth-order valence-electron chi connectivity index (χ4n) is 2.35. The number of amidine groups is 1. The van der Waals surface area contributed by atoms with Crippen LogP contribution in [0.5, 0.6) is 0 Å². The zero-order chi connectivity index (χ0) is 14.3. The highest BCUT2D eigenvalue weighted by Crippen LogP contribution is 2.26. The highest BCUT2D eigenvalue weighted by molar-refractivity contribution is 7.98. The van der Waals surface area contributed by atoms with Crippen LogP contribution in [0.3, 0.4) is 0 Å². The van der Waals surface area contributed by atoms with E-state index in [1.54, 1.807) is 0 Å². The number of nitrogens with zero attached hydrogens (tertiary/aromatic N) is 1. The Morgan fingerprint density at radius 2 is 2.00 bits per heavy atom. The molecule has 0 heterocycles. The topological polar surface area (TPSA) is 53.1 Å². The minimum atomic E-state index is 0.191. The summed E-state index contributed by atoms with van der Waals surface area (Å²) in [4.78, 5) is 2.37. The summed E-state index contributed by atoms with van der Waals surface area (Å²) in [6.07, 6.45) is 3.84. The van der Waals surface area contributed by atoms with E-state index in [0.717, 1.165) is 12.2 Å². The number of rotatable bonds is 8. The smallest absolute Gasteiger partial charge is 0.0924 e. The van der Waals surface area contributed by atoms with Gasteiger partial charge in [-0.1, -0.05) is 37.3 Å². The molecule has 0 saturated carbocycles. The first kappa shape index (κ1) is 16.1. The number of hydrogen-bond acceptors (Lipinski definition) is 3. The van der Waals surface area contributed by atoms with Gasteiger partial charge in [0.15, 0.2) is 0 Å². The number of thioether (sulfide) groups is 1. The van der Waals surface area contributed by atoms with Crippen LogP contribution in [0.1, 0.15) is 31.4 Å². The van der Waals surface area contributed by atoms with E-state index >= 15 is 0 Å². The molecule has 0 aliphatic heterocycles. The van der Waals surface area contributed by atoms with Crippen molar-refractivity contribution in [3.05, 3.63) is 35.9 Å². The van der Waals surface area contributed by atoms with Gasteiger partial charge in [0.2, 0.25) is 0 Å². The minimum Gasteiger partial charge on any atom is -0.388 e. The lowest BCUT2D eigenvalue weighted by molar-refractivity contribution is 0.187. The first-order chi connectivity index (χ1) is 9.10. The van der Waals surface area contributed by atoms with Gasteiger partial charge in [0, 0.05) is 24.3 Å². The molecule has 1 aromatic rings. The molecule has 1 rings (SSSR count). The summed E-state index contributed by atoms with van der Waals surface area (Å²) in [5.41, 5.74) is 6.87. The first-order valence-corrected chi connectivity index (χ1v) is 8.08. The zero-order valence-corrected chi connectivity index (χ0v) is 12.9. The second-order valence-corrected chi connectivity index (χ2v) is 5.75. The van der Waals surface area contributed by atoms with E-state index in [1.165, 1.54) is 5.56 Å². The average Bonchev–Trinajstić information content (AvgIpc) is 2.42. The molecule has 0 aliphatic carbocycles. The third-order valence-electron chi connectivity index (χ3n) is 3.50. The Balaban J connectivity index is 2.93. The lowest BCUT2D eigenvalue weighted by atomic mass is 10.00. The molecule has 3 N–H and O–H groups in total. The lowest BCUT2D eigenvalue weighted by Gasteiger charge is -2.34. The first-order valence-electron chi connectivity index (χ1n) is 6.68. The lowest BCUT2D eigenvalue weighted by Crippen LogP contribution is -2.38. The predicted molar refractivity (Wildman–Crippen MR) is 85.9 cm³/mol. The van der Waals surface area contributed by atoms with E-state index < -0.39 is 0 Å². The number of nitrogens with two attached hydrogens (primary N) is 1. The maximum absolute atomic E-state index is 7.61. The van der Waals surface area contributed by atoms with Crippen molar-refractivity contribution in [2.24, 2.45) is 5.73 Å². The molecule has 106 valence electrons. The molecule has 0 aromatic heterocycles. The molecule has 0 aliphatic rings. The van der Waals surface area contributed by atoms with Gasteiger partial charge in [-0.15, -0.1) is 0 Å². The molecule has 3 nitrogen and oxygen atoms in total. The molecule has 2 unspecified atom stereocenters. The summed E-state index contributed by atoms with van der Waals surface area (Å²) in [6, 6.07) is 11.1. The highest BCUT2D eigenvalue weighted by Gasteiger charge is 2.23. The summed E-state index contributed by atoms with van der Waals surface area (Å²) < 4.78 is 0. The van der Waals surface area contributed by atoms with Crippen LogP contribution >= 0.6 is 11.8 Å². The van der Waals surface area contributed by atoms with Gasteiger partial charge in [0.1, 0.15) is 0 Å². The Hall–Kier alpha value is -1.00. The van der Waals surface area contributed by atoms with Crippen molar-refractivity contribution in [2.75, 3.05) is 19.1 Å². The number of nitrogens with one attached hydrogen (secondary N) is 1. The van der Waals surface area contributed by atoms with Crippen LogP contribution < -0.4 is 5.73 Å². The second kappa shape index (κ2) is 8.23. The van der Waals surface area contributed by atoms with E-state index in [9.17, 15) is 0 Å². The summed E-state index contributed by atoms with van der Waals surface area (Å²) in [6.45, 7) is 2.22. The molecule has 2 atom stereocenters. The Kier molecular flexibility index (Phi) is 6.95. The molecule has 19 heavy (non-hydrogen) atoms. The normalized spacial score (nSPS) is 14.3. The summed E-state index contributed by atoms with van der Waals surface area (Å²) in [7, 11) is 2.14. The maximum atomic E-state index is 7.61. The number of benzene rings is 1. The molecule has 4 heteroatoms. The van der Waals surface area contributed by atoms with Crippen molar-refractivity contribution >= 4 is 17.6 Å². The van der Waals surface area contributed by atoms with Gasteiger partial charge in [-0.2, -0.15) is 11.8 Å². The predicted octanol–water partition coefficient (Wildman–Crippen LogP) is 3.13. The number of hydrogen-bond donors (Lipinski definition) is 2. The summed E-state index contributed by atoms with van der Waals surface area (Å²) in [5, 5.41) is 7.61. The van der Waals surface area contributed by atoms with Crippen molar-refractivity contribution in [3.63, 3.8) is 0 Å². The molecular formula is C15H25N3S. The van der Waals surface area contributed by atoms with Crippen LogP contribution in [-0.4, -0.2) is 35.8 Å². The van der Waals surface area contributed by atoms with E-state index in [4.69, 9.17) is 11.1 Å². The molecular weight excluding hydrogens is 254 g/mol. The van der Waals surface area contributed by atoms with Crippen LogP contribution in [0.25, 0.3) is 0 Å². The maximum Gasteiger partial charge on any atom is 0.0924 e. The van der Waals surface area contributed by atoms with Crippen LogP contribution in [0.2, 0.25) is 0 Å². The van der Waals surface area contributed by atoms with E-state index in [2.05, 4.69) is 37.3 Å². The highest BCUT2D eigenvalue weighted by atomic mass is 32.2. The van der Waals surface area contributed by atoms with E-state index in [1.807, 2.05) is 30.0 Å². The van der Waals surface area contributed by atoms with Gasteiger partial charge in [0.25, 0.3) is 0 Å². The standard InChI is InChI=1S/C15H25N3S/c1-4-13(11-19-3)18(2)14(10-15(16)17)12-8-6-5-7-9-12/h5-9,13-14H,4,10-11H2,1-3H3,(H3,16,17). The van der Waals surface area contributed by atoms with Crippen LogP contribution in [0, 0.1) is 5.41 Å². The van der Waals surface area contributed by atoms with Gasteiger partial charge in [-0.3, -0.25) is 10.3 Å². The van der Waals surface area contributed by atoms with E-state index in [-0.39, 0.29) is 11.9 Å².